The number of carbonyl (C=O) groups excluding carboxylic acids is 1. The zero-order valence-electron chi connectivity index (χ0n) is 6.86. The van der Waals surface area contributed by atoms with Crippen LogP contribution in [-0.2, 0) is 4.79 Å². The molecule has 0 unspecified atom stereocenters. The highest BCUT2D eigenvalue weighted by atomic mass is 16.4. The van der Waals surface area contributed by atoms with Gasteiger partial charge in [0.25, 0.3) is 0 Å². The van der Waals surface area contributed by atoms with Crippen LogP contribution in [0.2, 0.25) is 0 Å². The van der Waals surface area contributed by atoms with Crippen LogP contribution in [0.5, 0.6) is 0 Å². The molecule has 0 bridgehead atoms. The van der Waals surface area contributed by atoms with Gasteiger partial charge < -0.3 is 15.8 Å². The molecule has 1 rings (SSSR count). The molecule has 5 heteroatoms. The van der Waals surface area contributed by atoms with E-state index in [0.29, 0.717) is 6.42 Å². The lowest BCUT2D eigenvalue weighted by Crippen LogP contribution is -2.41. The van der Waals surface area contributed by atoms with Crippen molar-refractivity contribution in [3.05, 3.63) is 0 Å². The maximum Gasteiger partial charge on any atom is 0.222 e. The highest BCUT2D eigenvalue weighted by Crippen LogP contribution is 2.09. The van der Waals surface area contributed by atoms with E-state index in [9.17, 15) is 4.79 Å². The van der Waals surface area contributed by atoms with E-state index in [4.69, 9.17) is 10.9 Å². The van der Waals surface area contributed by atoms with Crippen molar-refractivity contribution in [2.75, 3.05) is 13.1 Å². The molecule has 0 aromatic rings. The fourth-order valence-electron chi connectivity index (χ4n) is 1.26. The monoisotopic (exact) mass is 171 g/mol. The molecule has 0 radical (unpaired) electrons. The Bertz CT molecular complexity index is 203. The summed E-state index contributed by atoms with van der Waals surface area (Å²) < 4.78 is 0. The van der Waals surface area contributed by atoms with Gasteiger partial charge in [-0.05, 0) is 12.8 Å². The van der Waals surface area contributed by atoms with Crippen LogP contribution in [0.25, 0.3) is 0 Å². The third kappa shape index (κ3) is 2.11. The minimum atomic E-state index is 0.0882. The van der Waals surface area contributed by atoms with E-state index in [1.807, 2.05) is 0 Å². The van der Waals surface area contributed by atoms with E-state index in [0.717, 1.165) is 19.4 Å². The van der Waals surface area contributed by atoms with E-state index < -0.39 is 0 Å². The Balaban J connectivity index is 2.44. The molecule has 1 heterocycles. The minimum absolute atomic E-state index is 0.0882. The van der Waals surface area contributed by atoms with E-state index >= 15 is 0 Å². The van der Waals surface area contributed by atoms with Crippen molar-refractivity contribution < 1.29 is 10.0 Å². The number of hydrogen-bond acceptors (Lipinski definition) is 3. The zero-order chi connectivity index (χ0) is 8.97. The molecule has 1 fully saturated rings. The molecule has 1 amide bonds. The number of amides is 1. The number of carbonyl (C=O) groups is 1. The minimum Gasteiger partial charge on any atom is -0.409 e. The SMILES string of the molecule is N/C(CN1CCCCC1=O)=N\O. The summed E-state index contributed by atoms with van der Waals surface area (Å²) in [5, 5.41) is 11.1. The molecule has 0 atom stereocenters. The number of amidine groups is 1. The number of oxime groups is 1. The summed E-state index contributed by atoms with van der Waals surface area (Å²) in [5.74, 6) is 0.179. The maximum absolute atomic E-state index is 11.2. The predicted octanol–water partition coefficient (Wildman–Crippen LogP) is -0.255. The summed E-state index contributed by atoms with van der Waals surface area (Å²) in [6, 6.07) is 0. The average Bonchev–Trinajstić information content (AvgIpc) is 2.09. The third-order valence-corrected chi connectivity index (χ3v) is 1.90. The van der Waals surface area contributed by atoms with Gasteiger partial charge >= 0.3 is 0 Å². The zero-order valence-corrected chi connectivity index (χ0v) is 6.86. The Morgan fingerprint density at radius 3 is 3.00 bits per heavy atom. The maximum atomic E-state index is 11.2. The van der Waals surface area contributed by atoms with Gasteiger partial charge in [0.2, 0.25) is 5.91 Å². The highest BCUT2D eigenvalue weighted by molar-refractivity contribution is 5.87. The van der Waals surface area contributed by atoms with Crippen LogP contribution >= 0.6 is 0 Å². The summed E-state index contributed by atoms with van der Waals surface area (Å²) in [4.78, 5) is 12.8. The Labute approximate surface area is 70.8 Å². The highest BCUT2D eigenvalue weighted by Gasteiger charge is 2.18. The first-order chi connectivity index (χ1) is 5.74. The van der Waals surface area contributed by atoms with Gasteiger partial charge in [0.05, 0.1) is 6.54 Å². The van der Waals surface area contributed by atoms with Crippen molar-refractivity contribution in [1.29, 1.82) is 0 Å². The van der Waals surface area contributed by atoms with Crippen LogP contribution in [0.4, 0.5) is 0 Å². The van der Waals surface area contributed by atoms with Crippen LogP contribution in [0.1, 0.15) is 19.3 Å². The predicted molar refractivity (Wildman–Crippen MR) is 43.8 cm³/mol. The molecule has 68 valence electrons. The van der Waals surface area contributed by atoms with Gasteiger partial charge in [0.15, 0.2) is 5.84 Å². The van der Waals surface area contributed by atoms with E-state index in [1.54, 1.807) is 4.90 Å². The molecule has 5 nitrogen and oxygen atoms in total. The Hall–Kier alpha value is -1.26. The largest absolute Gasteiger partial charge is 0.409 e. The van der Waals surface area contributed by atoms with Gasteiger partial charge in [-0.15, -0.1) is 0 Å². The smallest absolute Gasteiger partial charge is 0.222 e. The molecule has 3 N–H and O–H groups in total. The van der Waals surface area contributed by atoms with Crippen molar-refractivity contribution in [2.45, 2.75) is 19.3 Å². The lowest BCUT2D eigenvalue weighted by molar-refractivity contribution is -0.132. The molecule has 0 aromatic carbocycles. The molecule has 1 saturated heterocycles. The first kappa shape index (κ1) is 8.83. The Kier molecular flexibility index (Phi) is 2.90. The first-order valence-electron chi connectivity index (χ1n) is 3.98. The van der Waals surface area contributed by atoms with Gasteiger partial charge in [-0.1, -0.05) is 5.16 Å². The van der Waals surface area contributed by atoms with Crippen molar-refractivity contribution in [3.63, 3.8) is 0 Å². The quantitative estimate of drug-likeness (QED) is 0.260. The lowest BCUT2D eigenvalue weighted by Gasteiger charge is -2.25. The van der Waals surface area contributed by atoms with E-state index in [1.165, 1.54) is 0 Å². The summed E-state index contributed by atoms with van der Waals surface area (Å²) >= 11 is 0. The fourth-order valence-corrected chi connectivity index (χ4v) is 1.26. The summed E-state index contributed by atoms with van der Waals surface area (Å²) in [5.41, 5.74) is 5.27. The second kappa shape index (κ2) is 3.94. The average molecular weight is 171 g/mol. The van der Waals surface area contributed by atoms with Crippen LogP contribution in [0.15, 0.2) is 5.16 Å². The molecule has 0 aromatic heterocycles. The molecule has 1 aliphatic rings. The third-order valence-electron chi connectivity index (χ3n) is 1.90. The van der Waals surface area contributed by atoms with Gasteiger partial charge in [0, 0.05) is 13.0 Å². The molecule has 0 aliphatic carbocycles. The second-order valence-electron chi connectivity index (χ2n) is 2.86. The van der Waals surface area contributed by atoms with Gasteiger partial charge in [-0.2, -0.15) is 0 Å². The normalized spacial score (nSPS) is 19.8. The second-order valence-corrected chi connectivity index (χ2v) is 2.86. The van der Waals surface area contributed by atoms with Crippen LogP contribution in [0, 0.1) is 0 Å². The van der Waals surface area contributed by atoms with Gasteiger partial charge in [-0.3, -0.25) is 4.79 Å². The summed E-state index contributed by atoms with van der Waals surface area (Å²) in [6.45, 7) is 0.963. The summed E-state index contributed by atoms with van der Waals surface area (Å²) in [7, 11) is 0. The number of hydrogen-bond donors (Lipinski definition) is 2. The van der Waals surface area contributed by atoms with Crippen molar-refractivity contribution in [3.8, 4) is 0 Å². The Morgan fingerprint density at radius 1 is 1.67 bits per heavy atom. The summed E-state index contributed by atoms with van der Waals surface area (Å²) in [6.07, 6.45) is 2.54. The van der Waals surface area contributed by atoms with Crippen molar-refractivity contribution in [1.82, 2.24) is 4.90 Å². The van der Waals surface area contributed by atoms with Gasteiger partial charge in [0.1, 0.15) is 0 Å². The molecular weight excluding hydrogens is 158 g/mol. The number of piperidine rings is 1. The topological polar surface area (TPSA) is 78.9 Å². The molecule has 0 saturated carbocycles. The fraction of sp³-hybridized carbons (Fsp3) is 0.714. The van der Waals surface area contributed by atoms with Crippen LogP contribution < -0.4 is 5.73 Å². The van der Waals surface area contributed by atoms with Gasteiger partial charge in [-0.25, -0.2) is 0 Å². The number of likely N-dealkylation sites (tertiary alicyclic amines) is 1. The Morgan fingerprint density at radius 2 is 2.42 bits per heavy atom. The van der Waals surface area contributed by atoms with E-state index in [2.05, 4.69) is 5.16 Å². The lowest BCUT2D eigenvalue weighted by atomic mass is 10.1. The molecule has 12 heavy (non-hydrogen) atoms. The van der Waals surface area contributed by atoms with Crippen LogP contribution in [0.3, 0.4) is 0 Å². The first-order valence-corrected chi connectivity index (χ1v) is 3.98. The van der Waals surface area contributed by atoms with Crippen molar-refractivity contribution in [2.24, 2.45) is 10.9 Å². The number of rotatable bonds is 2. The standard InChI is InChI=1S/C7H13N3O2/c8-6(9-12)5-10-4-2-1-3-7(10)11/h12H,1-5H2,(H2,8,9). The van der Waals surface area contributed by atoms with E-state index in [-0.39, 0.29) is 18.3 Å². The van der Waals surface area contributed by atoms with Crippen LogP contribution in [-0.4, -0.2) is 34.9 Å². The van der Waals surface area contributed by atoms with Crippen molar-refractivity contribution >= 4 is 11.7 Å². The molecular formula is C7H13N3O2. The number of nitrogens with zero attached hydrogens (tertiary/aromatic N) is 2. The number of nitrogens with two attached hydrogens (primary N) is 1. The molecule has 1 aliphatic heterocycles. The molecule has 0 spiro atoms.